The highest BCUT2D eigenvalue weighted by Crippen LogP contribution is 2.38. The second-order valence-corrected chi connectivity index (χ2v) is 18.5. The molecule has 344 valence electrons. The number of phosphoric acid groups is 1. The number of nitrogens with zero attached hydrogens (tertiary/aromatic N) is 1. The number of phosphoric ester groups is 1. The SMILES string of the molecule is CCCCC/C=C\C/C=C\CCCCCCCCCCCC(=O)OC(COC(=O)CCCCCCC/C=C\C/C=C\CCCCCC)COP(=O)([O-])OCC[N+](C)(C)C. The number of carbonyl (C=O) groups excluding carboxylic acids is 2. The normalized spacial score (nSPS) is 13.9. The van der Waals surface area contributed by atoms with Gasteiger partial charge in [0.1, 0.15) is 19.8 Å². The maximum atomic E-state index is 12.7. The number of ether oxygens (including phenoxy) is 2. The van der Waals surface area contributed by atoms with Gasteiger partial charge in [-0.05, 0) is 77.0 Å². The molecule has 59 heavy (non-hydrogen) atoms. The first kappa shape index (κ1) is 57.0. The smallest absolute Gasteiger partial charge is 0.306 e. The minimum Gasteiger partial charge on any atom is -0.756 e. The van der Waals surface area contributed by atoms with Crippen LogP contribution in [-0.2, 0) is 32.7 Å². The molecule has 0 saturated carbocycles. The van der Waals surface area contributed by atoms with Gasteiger partial charge in [0.2, 0.25) is 0 Å². The molecule has 2 atom stereocenters. The molecule has 0 rings (SSSR count). The fourth-order valence-electron chi connectivity index (χ4n) is 6.30. The van der Waals surface area contributed by atoms with Gasteiger partial charge in [-0.3, -0.25) is 14.2 Å². The average molecular weight is 852 g/mol. The predicted octanol–water partition coefficient (Wildman–Crippen LogP) is 13.2. The van der Waals surface area contributed by atoms with E-state index in [4.69, 9.17) is 18.5 Å². The molecule has 0 aromatic heterocycles. The van der Waals surface area contributed by atoms with Crippen molar-refractivity contribution >= 4 is 19.8 Å². The zero-order valence-electron chi connectivity index (χ0n) is 38.7. The average Bonchev–Trinajstić information content (AvgIpc) is 3.19. The molecule has 0 saturated heterocycles. The third kappa shape index (κ3) is 45.3. The maximum Gasteiger partial charge on any atom is 0.306 e. The number of rotatable bonds is 43. The summed E-state index contributed by atoms with van der Waals surface area (Å²) in [6.07, 6.45) is 48.4. The summed E-state index contributed by atoms with van der Waals surface area (Å²) in [5.74, 6) is -0.854. The summed E-state index contributed by atoms with van der Waals surface area (Å²) in [6, 6.07) is 0. The summed E-state index contributed by atoms with van der Waals surface area (Å²) in [7, 11) is 1.15. The number of quaternary nitrogens is 1. The molecule has 0 bridgehead atoms. The van der Waals surface area contributed by atoms with E-state index in [9.17, 15) is 19.0 Å². The minimum absolute atomic E-state index is 0.0352. The Labute approximate surface area is 363 Å². The highest BCUT2D eigenvalue weighted by molar-refractivity contribution is 7.45. The highest BCUT2D eigenvalue weighted by atomic mass is 31.2. The molecule has 9 nitrogen and oxygen atoms in total. The monoisotopic (exact) mass is 852 g/mol. The van der Waals surface area contributed by atoms with Gasteiger partial charge in [0, 0.05) is 12.8 Å². The standard InChI is InChI=1S/C49H90NO8P/c1-6-8-10-12-14-16-18-20-22-24-25-26-28-30-32-34-36-38-40-42-49(52)58-47(46-57-59(53,54)56-44-43-50(3,4)5)45-55-48(51)41-39-37-35-33-31-29-27-23-21-19-17-15-13-11-9-7-2/h14,16-17,19-20,22-23,27,47H,6-13,15,18,21,24-26,28-46H2,1-5H3/b16-14-,19-17-,22-20-,27-23-. The zero-order valence-corrected chi connectivity index (χ0v) is 39.6. The fraction of sp³-hybridized carbons (Fsp3) is 0.796. The van der Waals surface area contributed by atoms with Crippen molar-refractivity contribution in [1.29, 1.82) is 0 Å². The Bertz CT molecular complexity index is 1150. The molecule has 0 radical (unpaired) electrons. The van der Waals surface area contributed by atoms with Crippen LogP contribution in [0, 0.1) is 0 Å². The van der Waals surface area contributed by atoms with Crippen LogP contribution in [0.4, 0.5) is 0 Å². The van der Waals surface area contributed by atoms with E-state index in [0.29, 0.717) is 23.9 Å². The Balaban J connectivity index is 4.33. The first-order valence-electron chi connectivity index (χ1n) is 23.8. The van der Waals surface area contributed by atoms with E-state index in [1.807, 2.05) is 21.1 Å². The summed E-state index contributed by atoms with van der Waals surface area (Å²) >= 11 is 0. The third-order valence-corrected chi connectivity index (χ3v) is 11.0. The van der Waals surface area contributed by atoms with Crippen molar-refractivity contribution in [3.8, 4) is 0 Å². The second kappa shape index (κ2) is 41.3. The molecule has 2 unspecified atom stereocenters. The van der Waals surface area contributed by atoms with Crippen LogP contribution in [0.15, 0.2) is 48.6 Å². The van der Waals surface area contributed by atoms with Gasteiger partial charge in [-0.2, -0.15) is 0 Å². The van der Waals surface area contributed by atoms with E-state index in [-0.39, 0.29) is 26.1 Å². The van der Waals surface area contributed by atoms with Crippen molar-refractivity contribution in [3.63, 3.8) is 0 Å². The first-order valence-corrected chi connectivity index (χ1v) is 25.3. The molecular formula is C49H90NO8P. The quantitative estimate of drug-likeness (QED) is 0.0196. The Kier molecular flexibility index (Phi) is 39.9. The lowest BCUT2D eigenvalue weighted by atomic mass is 10.1. The predicted molar refractivity (Wildman–Crippen MR) is 245 cm³/mol. The van der Waals surface area contributed by atoms with E-state index in [2.05, 4.69) is 62.5 Å². The summed E-state index contributed by atoms with van der Waals surface area (Å²) in [4.78, 5) is 37.6. The molecule has 0 aromatic rings. The lowest BCUT2D eigenvalue weighted by Gasteiger charge is -2.28. The first-order chi connectivity index (χ1) is 28.5. The number of hydrogen-bond donors (Lipinski definition) is 0. The molecule has 10 heteroatoms. The molecule has 0 heterocycles. The zero-order chi connectivity index (χ0) is 43.6. The Morgan fingerprint density at radius 1 is 0.525 bits per heavy atom. The van der Waals surface area contributed by atoms with Crippen molar-refractivity contribution in [3.05, 3.63) is 48.6 Å². The molecule has 0 fully saturated rings. The van der Waals surface area contributed by atoms with Crippen LogP contribution < -0.4 is 4.89 Å². The van der Waals surface area contributed by atoms with Crippen LogP contribution in [0.25, 0.3) is 0 Å². The fourth-order valence-corrected chi connectivity index (χ4v) is 7.03. The molecule has 0 amide bonds. The third-order valence-electron chi connectivity index (χ3n) is 10.1. The van der Waals surface area contributed by atoms with Crippen LogP contribution in [0.5, 0.6) is 0 Å². The molecule has 0 aliphatic rings. The Morgan fingerprint density at radius 2 is 0.915 bits per heavy atom. The van der Waals surface area contributed by atoms with E-state index < -0.39 is 32.5 Å². The highest BCUT2D eigenvalue weighted by Gasteiger charge is 2.21. The lowest BCUT2D eigenvalue weighted by molar-refractivity contribution is -0.870. The number of hydrogen-bond acceptors (Lipinski definition) is 8. The van der Waals surface area contributed by atoms with Crippen LogP contribution in [0.3, 0.4) is 0 Å². The van der Waals surface area contributed by atoms with Gasteiger partial charge in [-0.25, -0.2) is 0 Å². The van der Waals surface area contributed by atoms with Crippen molar-refractivity contribution in [2.45, 2.75) is 206 Å². The Hall–Kier alpha value is -2.03. The van der Waals surface area contributed by atoms with Gasteiger partial charge in [0.25, 0.3) is 7.82 Å². The molecule has 0 N–H and O–H groups in total. The number of esters is 2. The molecule has 0 aliphatic heterocycles. The number of unbranched alkanes of at least 4 members (excludes halogenated alkanes) is 21. The molecule has 0 spiro atoms. The van der Waals surface area contributed by atoms with E-state index in [1.54, 1.807) is 0 Å². The van der Waals surface area contributed by atoms with Gasteiger partial charge < -0.3 is 27.9 Å². The van der Waals surface area contributed by atoms with Crippen LogP contribution in [-0.4, -0.2) is 70.0 Å². The van der Waals surface area contributed by atoms with Crippen molar-refractivity contribution in [2.24, 2.45) is 0 Å². The van der Waals surface area contributed by atoms with E-state index in [0.717, 1.165) is 70.6 Å². The summed E-state index contributed by atoms with van der Waals surface area (Å²) in [5.41, 5.74) is 0. The lowest BCUT2D eigenvalue weighted by Crippen LogP contribution is -2.37. The second-order valence-electron chi connectivity index (χ2n) is 17.1. The summed E-state index contributed by atoms with van der Waals surface area (Å²) in [6.45, 7) is 4.17. The topological polar surface area (TPSA) is 111 Å². The van der Waals surface area contributed by atoms with Gasteiger partial charge in [-0.15, -0.1) is 0 Å². The molecule has 0 aromatic carbocycles. The number of carbonyl (C=O) groups is 2. The largest absolute Gasteiger partial charge is 0.756 e. The van der Waals surface area contributed by atoms with Crippen LogP contribution >= 0.6 is 7.82 Å². The number of allylic oxidation sites excluding steroid dienone is 8. The van der Waals surface area contributed by atoms with Gasteiger partial charge >= 0.3 is 11.9 Å². The van der Waals surface area contributed by atoms with Crippen molar-refractivity contribution < 1.29 is 42.1 Å². The maximum absolute atomic E-state index is 12.7. The minimum atomic E-state index is -4.63. The van der Waals surface area contributed by atoms with E-state index >= 15 is 0 Å². The van der Waals surface area contributed by atoms with Gasteiger partial charge in [0.15, 0.2) is 6.10 Å². The van der Waals surface area contributed by atoms with Crippen LogP contribution in [0.2, 0.25) is 0 Å². The summed E-state index contributed by atoms with van der Waals surface area (Å²) < 4.78 is 34.0. The molecular weight excluding hydrogens is 762 g/mol. The van der Waals surface area contributed by atoms with Crippen molar-refractivity contribution in [1.82, 2.24) is 0 Å². The van der Waals surface area contributed by atoms with Crippen LogP contribution in [0.1, 0.15) is 200 Å². The number of likely N-dealkylation sites (N-methyl/N-ethyl adjacent to an activating group) is 1. The summed E-state index contributed by atoms with van der Waals surface area (Å²) in [5, 5.41) is 0. The Morgan fingerprint density at radius 3 is 1.37 bits per heavy atom. The molecule has 0 aliphatic carbocycles. The van der Waals surface area contributed by atoms with Gasteiger partial charge in [0.05, 0.1) is 27.7 Å². The van der Waals surface area contributed by atoms with E-state index in [1.165, 1.54) is 89.9 Å². The van der Waals surface area contributed by atoms with Crippen molar-refractivity contribution in [2.75, 3.05) is 47.5 Å². The van der Waals surface area contributed by atoms with Gasteiger partial charge in [-0.1, -0.05) is 159 Å².